The Labute approximate surface area is 140 Å². The second-order valence-electron chi connectivity index (χ2n) is 5.94. The fraction of sp³-hybridized carbons (Fsp3) is 0.222. The van der Waals surface area contributed by atoms with Crippen LogP contribution in [0.3, 0.4) is 0 Å². The van der Waals surface area contributed by atoms with Crippen LogP contribution in [-0.2, 0) is 16.9 Å². The Balaban J connectivity index is 1.87. The molecule has 1 fully saturated rings. The molecule has 5 heteroatoms. The van der Waals surface area contributed by atoms with Crippen LogP contribution in [0.5, 0.6) is 0 Å². The number of benzene rings is 2. The Morgan fingerprint density at radius 2 is 1.65 bits per heavy atom. The molecule has 1 saturated heterocycles. The highest BCUT2D eigenvalue weighted by Crippen LogP contribution is 2.30. The van der Waals surface area contributed by atoms with Crippen molar-refractivity contribution in [2.45, 2.75) is 25.9 Å². The van der Waals surface area contributed by atoms with E-state index in [9.17, 15) is 9.59 Å². The van der Waals surface area contributed by atoms with Crippen LogP contribution in [0.1, 0.15) is 23.6 Å². The number of imide groups is 1. The van der Waals surface area contributed by atoms with E-state index in [-0.39, 0.29) is 18.5 Å². The highest BCUT2D eigenvalue weighted by Gasteiger charge is 2.48. The minimum atomic E-state index is -1.06. The Morgan fingerprint density at radius 3 is 2.26 bits per heavy atom. The summed E-state index contributed by atoms with van der Waals surface area (Å²) in [6.07, 6.45) is 0. The molecule has 118 valence electrons. The lowest BCUT2D eigenvalue weighted by atomic mass is 9.92. The molecular formula is C18H17ClN2O2. The maximum Gasteiger partial charge on any atom is 0.325 e. The maximum absolute atomic E-state index is 12.8. The van der Waals surface area contributed by atoms with Crippen molar-refractivity contribution in [3.8, 4) is 0 Å². The van der Waals surface area contributed by atoms with Crippen molar-refractivity contribution in [1.82, 2.24) is 10.2 Å². The third kappa shape index (κ3) is 2.82. The van der Waals surface area contributed by atoms with Gasteiger partial charge < -0.3 is 5.32 Å². The van der Waals surface area contributed by atoms with Gasteiger partial charge in [0.2, 0.25) is 0 Å². The molecule has 23 heavy (non-hydrogen) atoms. The lowest BCUT2D eigenvalue weighted by Crippen LogP contribution is -2.40. The van der Waals surface area contributed by atoms with E-state index < -0.39 is 5.54 Å². The molecule has 2 aromatic rings. The van der Waals surface area contributed by atoms with E-state index in [1.54, 1.807) is 31.2 Å². The molecule has 0 unspecified atom stereocenters. The van der Waals surface area contributed by atoms with Gasteiger partial charge in [0.05, 0.1) is 6.54 Å². The van der Waals surface area contributed by atoms with Crippen molar-refractivity contribution in [3.05, 3.63) is 70.2 Å². The summed E-state index contributed by atoms with van der Waals surface area (Å²) in [5.41, 5.74) is 1.70. The topological polar surface area (TPSA) is 49.4 Å². The molecule has 0 radical (unpaired) electrons. The highest BCUT2D eigenvalue weighted by molar-refractivity contribution is 6.30. The van der Waals surface area contributed by atoms with Gasteiger partial charge in [0, 0.05) is 5.02 Å². The number of nitrogens with zero attached hydrogens (tertiary/aromatic N) is 1. The molecule has 0 spiro atoms. The molecule has 4 nitrogen and oxygen atoms in total. The largest absolute Gasteiger partial charge is 0.325 e. The SMILES string of the molecule is Cc1ccc(CN2C(=O)N[C@](C)(c3ccc(Cl)cc3)C2=O)cc1. The molecule has 1 N–H and O–H groups in total. The smallest absolute Gasteiger partial charge is 0.319 e. The van der Waals surface area contributed by atoms with Crippen molar-refractivity contribution in [1.29, 1.82) is 0 Å². The number of halogens is 1. The Bertz CT molecular complexity index is 756. The van der Waals surface area contributed by atoms with Crippen LogP contribution in [0.25, 0.3) is 0 Å². The zero-order valence-corrected chi connectivity index (χ0v) is 13.7. The van der Waals surface area contributed by atoms with Crippen LogP contribution in [0.2, 0.25) is 5.02 Å². The van der Waals surface area contributed by atoms with Crippen LogP contribution in [0.15, 0.2) is 48.5 Å². The number of urea groups is 1. The molecular weight excluding hydrogens is 312 g/mol. The van der Waals surface area contributed by atoms with Crippen molar-refractivity contribution >= 4 is 23.5 Å². The summed E-state index contributed by atoms with van der Waals surface area (Å²) in [4.78, 5) is 26.3. The van der Waals surface area contributed by atoms with E-state index in [0.29, 0.717) is 10.6 Å². The zero-order valence-electron chi connectivity index (χ0n) is 13.0. The molecule has 2 aromatic carbocycles. The number of aryl methyl sites for hydroxylation is 1. The Hall–Kier alpha value is -2.33. The lowest BCUT2D eigenvalue weighted by molar-refractivity contribution is -0.131. The lowest BCUT2D eigenvalue weighted by Gasteiger charge is -2.22. The van der Waals surface area contributed by atoms with Gasteiger partial charge in [0.1, 0.15) is 5.54 Å². The Kier molecular flexibility index (Phi) is 3.86. The number of carbonyl (C=O) groups excluding carboxylic acids is 2. The van der Waals surface area contributed by atoms with Crippen LogP contribution in [0, 0.1) is 6.92 Å². The average molecular weight is 329 g/mol. The number of hydrogen-bond acceptors (Lipinski definition) is 2. The number of carbonyl (C=O) groups is 2. The normalized spacial score (nSPS) is 20.7. The summed E-state index contributed by atoms with van der Waals surface area (Å²) in [5.74, 6) is -0.259. The van der Waals surface area contributed by atoms with Gasteiger partial charge in [-0.15, -0.1) is 0 Å². The standard InChI is InChI=1S/C18H17ClN2O2/c1-12-3-5-13(6-4-12)11-21-16(22)18(2,20-17(21)23)14-7-9-15(19)10-8-14/h3-10H,11H2,1-2H3,(H,20,23)/t18-/m1/s1. The average Bonchev–Trinajstić information content (AvgIpc) is 2.74. The molecule has 1 heterocycles. The monoisotopic (exact) mass is 328 g/mol. The van der Waals surface area contributed by atoms with Crippen molar-refractivity contribution < 1.29 is 9.59 Å². The molecule has 0 aromatic heterocycles. The summed E-state index contributed by atoms with van der Waals surface area (Å²) in [6, 6.07) is 14.3. The number of nitrogens with one attached hydrogen (secondary N) is 1. The second-order valence-corrected chi connectivity index (χ2v) is 6.38. The molecule has 0 bridgehead atoms. The van der Waals surface area contributed by atoms with Crippen LogP contribution < -0.4 is 5.32 Å². The minimum absolute atomic E-state index is 0.258. The van der Waals surface area contributed by atoms with E-state index in [2.05, 4.69) is 5.32 Å². The Morgan fingerprint density at radius 1 is 1.04 bits per heavy atom. The fourth-order valence-corrected chi connectivity index (χ4v) is 2.82. The predicted octanol–water partition coefficient (Wildman–Crippen LogP) is 3.62. The van der Waals surface area contributed by atoms with Gasteiger partial charge in [-0.2, -0.15) is 0 Å². The minimum Gasteiger partial charge on any atom is -0.319 e. The van der Waals surface area contributed by atoms with E-state index >= 15 is 0 Å². The van der Waals surface area contributed by atoms with Gasteiger partial charge >= 0.3 is 6.03 Å². The van der Waals surface area contributed by atoms with Gasteiger partial charge in [-0.05, 0) is 37.1 Å². The number of amides is 3. The first-order chi connectivity index (χ1) is 10.9. The molecule has 0 aliphatic carbocycles. The summed E-state index contributed by atoms with van der Waals surface area (Å²) in [7, 11) is 0. The molecule has 1 atom stereocenters. The van der Waals surface area contributed by atoms with E-state index in [1.807, 2.05) is 31.2 Å². The summed E-state index contributed by atoms with van der Waals surface area (Å²) in [5, 5.41) is 3.38. The van der Waals surface area contributed by atoms with Gasteiger partial charge in [-0.1, -0.05) is 53.6 Å². The third-order valence-electron chi connectivity index (χ3n) is 4.16. The molecule has 0 saturated carbocycles. The molecule has 3 rings (SSSR count). The number of hydrogen-bond donors (Lipinski definition) is 1. The van der Waals surface area contributed by atoms with Crippen molar-refractivity contribution in [3.63, 3.8) is 0 Å². The molecule has 1 aliphatic rings. The third-order valence-corrected chi connectivity index (χ3v) is 4.41. The fourth-order valence-electron chi connectivity index (χ4n) is 2.70. The predicted molar refractivity (Wildman–Crippen MR) is 89.1 cm³/mol. The van der Waals surface area contributed by atoms with E-state index in [4.69, 9.17) is 11.6 Å². The van der Waals surface area contributed by atoms with Gasteiger partial charge in [-0.25, -0.2) is 4.79 Å². The zero-order chi connectivity index (χ0) is 16.6. The molecule has 3 amide bonds. The highest BCUT2D eigenvalue weighted by atomic mass is 35.5. The first-order valence-electron chi connectivity index (χ1n) is 7.36. The molecule has 1 aliphatic heterocycles. The number of rotatable bonds is 3. The van der Waals surface area contributed by atoms with Crippen LogP contribution >= 0.6 is 11.6 Å². The first kappa shape index (κ1) is 15.6. The quantitative estimate of drug-likeness (QED) is 0.875. The second kappa shape index (κ2) is 5.70. The summed E-state index contributed by atoms with van der Waals surface area (Å²) in [6.45, 7) is 3.97. The van der Waals surface area contributed by atoms with Gasteiger partial charge in [-0.3, -0.25) is 9.69 Å². The van der Waals surface area contributed by atoms with Crippen molar-refractivity contribution in [2.24, 2.45) is 0 Å². The summed E-state index contributed by atoms with van der Waals surface area (Å²) < 4.78 is 0. The summed E-state index contributed by atoms with van der Waals surface area (Å²) >= 11 is 5.89. The van der Waals surface area contributed by atoms with E-state index in [0.717, 1.165) is 11.1 Å². The van der Waals surface area contributed by atoms with Crippen LogP contribution in [-0.4, -0.2) is 16.8 Å². The van der Waals surface area contributed by atoms with E-state index in [1.165, 1.54) is 4.90 Å². The van der Waals surface area contributed by atoms with Crippen molar-refractivity contribution in [2.75, 3.05) is 0 Å². The van der Waals surface area contributed by atoms with Gasteiger partial charge in [0.25, 0.3) is 5.91 Å². The van der Waals surface area contributed by atoms with Crippen LogP contribution in [0.4, 0.5) is 4.79 Å². The maximum atomic E-state index is 12.8. The first-order valence-corrected chi connectivity index (χ1v) is 7.73. The van der Waals surface area contributed by atoms with Gasteiger partial charge in [0.15, 0.2) is 0 Å².